The van der Waals surface area contributed by atoms with Gasteiger partial charge in [0.2, 0.25) is 11.8 Å². The number of nitriles is 1. The van der Waals surface area contributed by atoms with Crippen molar-refractivity contribution in [2.45, 2.75) is 64.0 Å². The molecule has 0 aromatic carbocycles. The highest BCUT2D eigenvalue weighted by Gasteiger charge is 2.29. The van der Waals surface area contributed by atoms with Crippen LogP contribution in [-0.4, -0.2) is 66.4 Å². The fourth-order valence-corrected chi connectivity index (χ4v) is 5.59. The van der Waals surface area contributed by atoms with Gasteiger partial charge >= 0.3 is 0 Å². The molecule has 0 radical (unpaired) electrons. The first kappa shape index (κ1) is 21.3. The minimum atomic E-state index is -0.263. The van der Waals surface area contributed by atoms with E-state index in [0.717, 1.165) is 75.3 Å². The number of piperazine rings is 1. The first-order chi connectivity index (χ1) is 14.5. The van der Waals surface area contributed by atoms with E-state index in [1.54, 1.807) is 11.3 Å². The van der Waals surface area contributed by atoms with Crippen LogP contribution < -0.4 is 10.6 Å². The van der Waals surface area contributed by atoms with Gasteiger partial charge in [-0.25, -0.2) is 0 Å². The van der Waals surface area contributed by atoms with Crippen LogP contribution in [0.15, 0.2) is 0 Å². The highest BCUT2D eigenvalue weighted by Crippen LogP contribution is 2.37. The lowest BCUT2D eigenvalue weighted by Gasteiger charge is -2.37. The normalized spacial score (nSPS) is 21.2. The Bertz CT molecular complexity index is 833. The van der Waals surface area contributed by atoms with Crippen LogP contribution in [0.25, 0.3) is 0 Å². The van der Waals surface area contributed by atoms with Crippen molar-refractivity contribution < 1.29 is 9.59 Å². The molecule has 8 heteroatoms. The van der Waals surface area contributed by atoms with E-state index in [-0.39, 0.29) is 17.9 Å². The molecule has 7 nitrogen and oxygen atoms in total. The zero-order chi connectivity index (χ0) is 21.1. The molecule has 1 aromatic heterocycles. The molecule has 0 spiro atoms. The third kappa shape index (κ3) is 5.02. The predicted molar refractivity (Wildman–Crippen MR) is 118 cm³/mol. The van der Waals surface area contributed by atoms with Crippen LogP contribution in [0, 0.1) is 11.3 Å². The second-order valence-corrected chi connectivity index (χ2v) is 9.80. The summed E-state index contributed by atoms with van der Waals surface area (Å²) < 4.78 is 0. The number of fused-ring (bicyclic) bond motifs is 1. The summed E-state index contributed by atoms with van der Waals surface area (Å²) >= 11 is 1.58. The van der Waals surface area contributed by atoms with Crippen molar-refractivity contribution in [2.75, 3.05) is 38.0 Å². The molecule has 3 aliphatic rings. The van der Waals surface area contributed by atoms with Gasteiger partial charge in [0.05, 0.1) is 18.2 Å². The molecule has 0 unspecified atom stereocenters. The van der Waals surface area contributed by atoms with Gasteiger partial charge in [0.1, 0.15) is 11.1 Å². The average Bonchev–Trinajstić information content (AvgIpc) is 3.52. The maximum absolute atomic E-state index is 12.9. The molecular formula is C22H31N5O2S. The highest BCUT2D eigenvalue weighted by atomic mass is 32.1. The van der Waals surface area contributed by atoms with E-state index in [2.05, 4.69) is 26.5 Å². The monoisotopic (exact) mass is 429 g/mol. The molecular weight excluding hydrogens is 398 g/mol. The van der Waals surface area contributed by atoms with E-state index in [1.807, 2.05) is 6.92 Å². The number of amides is 2. The Morgan fingerprint density at radius 2 is 1.90 bits per heavy atom. The lowest BCUT2D eigenvalue weighted by atomic mass is 10.1. The molecule has 1 atom stereocenters. The summed E-state index contributed by atoms with van der Waals surface area (Å²) in [4.78, 5) is 30.5. The van der Waals surface area contributed by atoms with Crippen LogP contribution in [0.2, 0.25) is 0 Å². The highest BCUT2D eigenvalue weighted by molar-refractivity contribution is 7.16. The summed E-state index contributed by atoms with van der Waals surface area (Å²) in [6, 6.07) is 2.47. The predicted octanol–water partition coefficient (Wildman–Crippen LogP) is 2.11. The third-order valence-corrected chi connectivity index (χ3v) is 7.62. The summed E-state index contributed by atoms with van der Waals surface area (Å²) in [5.41, 5.74) is 1.82. The quantitative estimate of drug-likeness (QED) is 0.676. The van der Waals surface area contributed by atoms with Gasteiger partial charge in [-0.1, -0.05) is 6.42 Å². The van der Waals surface area contributed by atoms with E-state index in [4.69, 9.17) is 0 Å². The molecule has 1 saturated heterocycles. The molecule has 2 heterocycles. The molecule has 2 N–H and O–H groups in total. The van der Waals surface area contributed by atoms with Gasteiger partial charge in [-0.05, 0) is 51.0 Å². The fourth-order valence-electron chi connectivity index (χ4n) is 4.34. The Hall–Kier alpha value is -1.95. The molecule has 1 aliphatic heterocycles. The standard InChI is InChI=1S/C22H31N5O2S/c1-15(27-11-9-26(10-12-27)14-20(28)24-16-7-8-16)21(29)25-22-18(13-23)17-5-3-2-4-6-19(17)30-22/h15-16H,2-12,14H2,1H3,(H,24,28)(H,25,29)/t15-/m1/s1. The van der Waals surface area contributed by atoms with Gasteiger partial charge in [0.25, 0.3) is 0 Å². The number of nitrogens with zero attached hydrogens (tertiary/aromatic N) is 3. The van der Waals surface area contributed by atoms with E-state index < -0.39 is 0 Å². The number of hydrogen-bond donors (Lipinski definition) is 2. The van der Waals surface area contributed by atoms with Gasteiger partial charge in [0.15, 0.2) is 0 Å². The smallest absolute Gasteiger partial charge is 0.242 e. The van der Waals surface area contributed by atoms with E-state index in [0.29, 0.717) is 18.2 Å². The number of hydrogen-bond acceptors (Lipinski definition) is 6. The topological polar surface area (TPSA) is 88.5 Å². The number of thiophene rings is 1. The zero-order valence-corrected chi connectivity index (χ0v) is 18.5. The molecule has 2 amide bonds. The second kappa shape index (κ2) is 9.46. The average molecular weight is 430 g/mol. The number of rotatable bonds is 6. The van der Waals surface area contributed by atoms with Crippen LogP contribution in [0.1, 0.15) is 55.0 Å². The number of carbonyl (C=O) groups excluding carboxylic acids is 2. The summed E-state index contributed by atoms with van der Waals surface area (Å²) in [5.74, 6) is 0.0565. The molecule has 162 valence electrons. The largest absolute Gasteiger partial charge is 0.352 e. The van der Waals surface area contributed by atoms with Crippen LogP contribution in [0.5, 0.6) is 0 Å². The van der Waals surface area contributed by atoms with Gasteiger partial charge in [-0.3, -0.25) is 19.4 Å². The Kier molecular flexibility index (Phi) is 6.71. The van der Waals surface area contributed by atoms with Gasteiger partial charge in [0, 0.05) is 37.1 Å². The van der Waals surface area contributed by atoms with Crippen molar-refractivity contribution in [1.29, 1.82) is 5.26 Å². The van der Waals surface area contributed by atoms with Crippen molar-refractivity contribution in [3.8, 4) is 6.07 Å². The molecule has 30 heavy (non-hydrogen) atoms. The minimum Gasteiger partial charge on any atom is -0.352 e. The number of aryl methyl sites for hydroxylation is 1. The maximum Gasteiger partial charge on any atom is 0.242 e. The summed E-state index contributed by atoms with van der Waals surface area (Å²) in [6.45, 7) is 5.46. The molecule has 0 bridgehead atoms. The summed E-state index contributed by atoms with van der Waals surface area (Å²) in [6.07, 6.45) is 7.64. The van der Waals surface area contributed by atoms with Gasteiger partial charge in [-0.2, -0.15) is 5.26 Å². The van der Waals surface area contributed by atoms with Gasteiger partial charge in [-0.15, -0.1) is 11.3 Å². The van der Waals surface area contributed by atoms with Crippen molar-refractivity contribution >= 4 is 28.2 Å². The maximum atomic E-state index is 12.9. The Morgan fingerprint density at radius 3 is 2.60 bits per heavy atom. The van der Waals surface area contributed by atoms with Crippen LogP contribution in [-0.2, 0) is 22.4 Å². The van der Waals surface area contributed by atoms with Crippen molar-refractivity contribution in [3.05, 3.63) is 16.0 Å². The summed E-state index contributed by atoms with van der Waals surface area (Å²) in [7, 11) is 0. The molecule has 2 aliphatic carbocycles. The lowest BCUT2D eigenvalue weighted by Crippen LogP contribution is -2.54. The lowest BCUT2D eigenvalue weighted by molar-refractivity contribution is -0.124. The Morgan fingerprint density at radius 1 is 1.17 bits per heavy atom. The molecule has 1 saturated carbocycles. The van der Waals surface area contributed by atoms with E-state index in [1.165, 1.54) is 11.3 Å². The van der Waals surface area contributed by atoms with Crippen molar-refractivity contribution in [3.63, 3.8) is 0 Å². The molecule has 4 rings (SSSR count). The van der Waals surface area contributed by atoms with E-state index in [9.17, 15) is 14.9 Å². The SMILES string of the molecule is C[C@H](C(=O)Nc1sc2c(c1C#N)CCCCC2)N1CCN(CC(=O)NC2CC2)CC1. The van der Waals surface area contributed by atoms with Crippen LogP contribution in [0.3, 0.4) is 0 Å². The minimum absolute atomic E-state index is 0.0529. The number of carbonyl (C=O) groups is 2. The van der Waals surface area contributed by atoms with Crippen molar-refractivity contribution in [1.82, 2.24) is 15.1 Å². The van der Waals surface area contributed by atoms with Crippen LogP contribution in [0.4, 0.5) is 5.00 Å². The Labute approximate surface area is 182 Å². The summed E-state index contributed by atoms with van der Waals surface area (Å²) in [5, 5.41) is 16.5. The van der Waals surface area contributed by atoms with Gasteiger partial charge < -0.3 is 10.6 Å². The number of anilines is 1. The molecule has 1 aromatic rings. The molecule has 2 fully saturated rings. The zero-order valence-electron chi connectivity index (χ0n) is 17.7. The first-order valence-corrected chi connectivity index (χ1v) is 12.0. The fraction of sp³-hybridized carbons (Fsp3) is 0.682. The third-order valence-electron chi connectivity index (χ3n) is 6.41. The Balaban J connectivity index is 1.30. The van der Waals surface area contributed by atoms with Crippen LogP contribution >= 0.6 is 11.3 Å². The van der Waals surface area contributed by atoms with Crippen molar-refractivity contribution in [2.24, 2.45) is 0 Å². The van der Waals surface area contributed by atoms with E-state index >= 15 is 0 Å². The number of nitrogens with one attached hydrogen (secondary N) is 2. The first-order valence-electron chi connectivity index (χ1n) is 11.2. The second-order valence-electron chi connectivity index (χ2n) is 8.70.